The lowest BCUT2D eigenvalue weighted by Gasteiger charge is -2.30. The van der Waals surface area contributed by atoms with Crippen LogP contribution in [-0.2, 0) is 24.3 Å². The predicted octanol–water partition coefficient (Wildman–Crippen LogP) is 3.46. The lowest BCUT2D eigenvalue weighted by Crippen LogP contribution is -2.38. The molecule has 1 amide bonds. The monoisotopic (exact) mass is 591 g/mol. The van der Waals surface area contributed by atoms with Crippen LogP contribution in [0, 0.1) is 6.92 Å². The molecular formula is C30H37N7O6. The smallest absolute Gasteiger partial charge is 0.251 e. The average Bonchev–Trinajstić information content (AvgIpc) is 3.08. The van der Waals surface area contributed by atoms with Crippen molar-refractivity contribution in [3.8, 4) is 0 Å². The number of aryl methyl sites for hydroxylation is 1. The number of morpholine rings is 1. The van der Waals surface area contributed by atoms with E-state index in [2.05, 4.69) is 30.4 Å². The van der Waals surface area contributed by atoms with Crippen molar-refractivity contribution in [1.82, 2.24) is 20.3 Å². The SMILES string of the molecule is Cc1ccc(C2OOC(c3ccc(C(=O)NCCNc4nc(N5CCCCC5)nc(N5CCOCC5)n4)cc3)OO2)cc1. The van der Waals surface area contributed by atoms with E-state index >= 15 is 0 Å². The number of aromatic nitrogens is 3. The molecule has 43 heavy (non-hydrogen) atoms. The van der Waals surface area contributed by atoms with Crippen molar-refractivity contribution >= 4 is 23.8 Å². The van der Waals surface area contributed by atoms with Gasteiger partial charge in [-0.25, -0.2) is 0 Å². The molecule has 0 unspecified atom stereocenters. The number of nitrogens with zero attached hydrogens (tertiary/aromatic N) is 5. The Labute approximate surface area is 250 Å². The first-order chi connectivity index (χ1) is 21.1. The Bertz CT molecular complexity index is 1300. The third kappa shape index (κ3) is 7.56. The molecule has 0 spiro atoms. The van der Waals surface area contributed by atoms with Gasteiger partial charge < -0.3 is 25.2 Å². The Balaban J connectivity index is 0.991. The Hall–Kier alpha value is -3.88. The van der Waals surface area contributed by atoms with Crippen molar-refractivity contribution in [3.63, 3.8) is 0 Å². The van der Waals surface area contributed by atoms with Crippen LogP contribution in [0.1, 0.15) is 58.9 Å². The highest BCUT2D eigenvalue weighted by atomic mass is 17.4. The summed E-state index contributed by atoms with van der Waals surface area (Å²) in [6.45, 7) is 7.50. The second kappa shape index (κ2) is 14.1. The van der Waals surface area contributed by atoms with Crippen LogP contribution in [0.15, 0.2) is 48.5 Å². The third-order valence-electron chi connectivity index (χ3n) is 7.49. The largest absolute Gasteiger partial charge is 0.378 e. The van der Waals surface area contributed by atoms with Crippen LogP contribution in [0.4, 0.5) is 17.8 Å². The average molecular weight is 592 g/mol. The van der Waals surface area contributed by atoms with Crippen LogP contribution in [0.5, 0.6) is 0 Å². The van der Waals surface area contributed by atoms with Gasteiger partial charge >= 0.3 is 0 Å². The lowest BCUT2D eigenvalue weighted by atomic mass is 10.1. The van der Waals surface area contributed by atoms with Crippen molar-refractivity contribution in [2.24, 2.45) is 0 Å². The Morgan fingerprint density at radius 2 is 1.30 bits per heavy atom. The minimum Gasteiger partial charge on any atom is -0.378 e. The van der Waals surface area contributed by atoms with E-state index in [9.17, 15) is 4.79 Å². The molecule has 3 aliphatic heterocycles. The molecule has 0 aliphatic carbocycles. The maximum Gasteiger partial charge on any atom is 0.251 e. The molecule has 13 heteroatoms. The van der Waals surface area contributed by atoms with Gasteiger partial charge in [-0.3, -0.25) is 4.79 Å². The standard InChI is InChI=1S/C30H37N7O6/c1-21-5-7-23(8-6-21)26-40-42-27(43-41-26)24-11-9-22(10-12-24)25(38)31-13-14-32-28-33-29(36-15-3-2-4-16-36)35-30(34-28)37-17-19-39-20-18-37/h5-12,26-27H,2-4,13-20H2,1H3,(H,31,38)(H,32,33,34,35). The first kappa shape index (κ1) is 29.2. The normalized spacial score (nSPS) is 21.0. The number of carbonyl (C=O) groups is 1. The van der Waals surface area contributed by atoms with Crippen LogP contribution in [0.2, 0.25) is 0 Å². The number of nitrogens with one attached hydrogen (secondary N) is 2. The number of ether oxygens (including phenoxy) is 1. The van der Waals surface area contributed by atoms with Crippen molar-refractivity contribution in [1.29, 1.82) is 0 Å². The number of benzene rings is 2. The topological polar surface area (TPSA) is 132 Å². The van der Waals surface area contributed by atoms with E-state index in [0.29, 0.717) is 55.3 Å². The van der Waals surface area contributed by atoms with Gasteiger partial charge in [-0.2, -0.15) is 34.5 Å². The number of amides is 1. The van der Waals surface area contributed by atoms with Gasteiger partial charge in [0.1, 0.15) is 0 Å². The van der Waals surface area contributed by atoms with Gasteiger partial charge in [0, 0.05) is 56.0 Å². The van der Waals surface area contributed by atoms with Gasteiger partial charge in [0.25, 0.3) is 5.91 Å². The molecule has 6 rings (SSSR count). The molecule has 1 aromatic heterocycles. The molecule has 3 aliphatic rings. The van der Waals surface area contributed by atoms with Gasteiger partial charge in [-0.1, -0.05) is 42.0 Å². The van der Waals surface area contributed by atoms with Crippen molar-refractivity contribution < 1.29 is 29.1 Å². The van der Waals surface area contributed by atoms with Gasteiger partial charge in [0.2, 0.25) is 30.4 Å². The Morgan fingerprint density at radius 3 is 1.91 bits per heavy atom. The lowest BCUT2D eigenvalue weighted by molar-refractivity contribution is -0.600. The second-order valence-corrected chi connectivity index (χ2v) is 10.7. The van der Waals surface area contributed by atoms with Crippen molar-refractivity contribution in [2.45, 2.75) is 38.8 Å². The van der Waals surface area contributed by atoms with Crippen molar-refractivity contribution in [3.05, 3.63) is 70.8 Å². The summed E-state index contributed by atoms with van der Waals surface area (Å²) in [6, 6.07) is 14.5. The van der Waals surface area contributed by atoms with E-state index < -0.39 is 12.6 Å². The number of anilines is 3. The summed E-state index contributed by atoms with van der Waals surface area (Å²) in [6.07, 6.45) is 1.83. The summed E-state index contributed by atoms with van der Waals surface area (Å²) < 4.78 is 5.49. The van der Waals surface area contributed by atoms with E-state index in [1.54, 1.807) is 24.3 Å². The van der Waals surface area contributed by atoms with E-state index in [1.165, 1.54) is 6.42 Å². The number of piperidine rings is 1. The van der Waals surface area contributed by atoms with Gasteiger partial charge in [-0.05, 0) is 38.3 Å². The highest BCUT2D eigenvalue weighted by Crippen LogP contribution is 2.32. The zero-order chi connectivity index (χ0) is 29.4. The van der Waals surface area contributed by atoms with E-state index in [0.717, 1.165) is 50.1 Å². The summed E-state index contributed by atoms with van der Waals surface area (Å²) in [5.41, 5.74) is 3.06. The predicted molar refractivity (Wildman–Crippen MR) is 157 cm³/mol. The number of carbonyl (C=O) groups excluding carboxylic acids is 1. The summed E-state index contributed by atoms with van der Waals surface area (Å²) >= 11 is 0. The number of hydrogen-bond acceptors (Lipinski definition) is 12. The highest BCUT2D eigenvalue weighted by Gasteiger charge is 2.28. The Morgan fingerprint density at radius 1 is 0.744 bits per heavy atom. The molecule has 2 N–H and O–H groups in total. The minimum atomic E-state index is -0.874. The molecule has 0 radical (unpaired) electrons. The maximum absolute atomic E-state index is 12.8. The number of rotatable bonds is 9. The molecule has 2 aromatic carbocycles. The summed E-state index contributed by atoms with van der Waals surface area (Å²) in [5.74, 6) is 1.63. The molecule has 3 aromatic rings. The first-order valence-electron chi connectivity index (χ1n) is 14.8. The van der Waals surface area contributed by atoms with E-state index in [1.807, 2.05) is 31.2 Å². The quantitative estimate of drug-likeness (QED) is 0.279. The zero-order valence-electron chi connectivity index (χ0n) is 24.2. The maximum atomic E-state index is 12.8. The summed E-state index contributed by atoms with van der Waals surface area (Å²) in [5, 5.41) is 6.19. The van der Waals surface area contributed by atoms with Crippen LogP contribution < -0.4 is 20.4 Å². The van der Waals surface area contributed by atoms with Crippen LogP contribution >= 0.6 is 0 Å². The number of hydrogen-bond donors (Lipinski definition) is 2. The van der Waals surface area contributed by atoms with Gasteiger partial charge in [-0.15, -0.1) is 0 Å². The molecule has 3 saturated heterocycles. The van der Waals surface area contributed by atoms with Crippen LogP contribution in [0.25, 0.3) is 0 Å². The first-order valence-corrected chi connectivity index (χ1v) is 14.8. The molecule has 228 valence electrons. The second-order valence-electron chi connectivity index (χ2n) is 10.7. The molecule has 4 heterocycles. The van der Waals surface area contributed by atoms with Gasteiger partial charge in [0.15, 0.2) is 0 Å². The van der Waals surface area contributed by atoms with Gasteiger partial charge in [0.05, 0.1) is 13.2 Å². The van der Waals surface area contributed by atoms with Crippen LogP contribution in [0.3, 0.4) is 0 Å². The minimum absolute atomic E-state index is 0.204. The fourth-order valence-corrected chi connectivity index (χ4v) is 5.00. The molecule has 3 fully saturated rings. The fourth-order valence-electron chi connectivity index (χ4n) is 5.00. The third-order valence-corrected chi connectivity index (χ3v) is 7.49. The highest BCUT2D eigenvalue weighted by molar-refractivity contribution is 5.94. The molecule has 0 bridgehead atoms. The summed E-state index contributed by atoms with van der Waals surface area (Å²) in [7, 11) is 0. The van der Waals surface area contributed by atoms with Crippen molar-refractivity contribution in [2.75, 3.05) is 67.6 Å². The van der Waals surface area contributed by atoms with E-state index in [-0.39, 0.29) is 5.91 Å². The van der Waals surface area contributed by atoms with E-state index in [4.69, 9.17) is 29.3 Å². The zero-order valence-corrected chi connectivity index (χ0v) is 24.2. The molecular weight excluding hydrogens is 554 g/mol. The van der Waals surface area contributed by atoms with Crippen LogP contribution in [-0.4, -0.2) is 73.3 Å². The summed E-state index contributed by atoms with van der Waals surface area (Å²) in [4.78, 5) is 52.8. The Kier molecular flexibility index (Phi) is 9.55. The molecule has 0 atom stereocenters. The molecule has 0 saturated carbocycles. The fraction of sp³-hybridized carbons (Fsp3) is 0.467. The molecule has 13 nitrogen and oxygen atoms in total.